The van der Waals surface area contributed by atoms with E-state index in [-0.39, 0.29) is 11.5 Å². The van der Waals surface area contributed by atoms with Gasteiger partial charge in [0.15, 0.2) is 5.60 Å². The van der Waals surface area contributed by atoms with Gasteiger partial charge in [0.05, 0.1) is 23.8 Å². The summed E-state index contributed by atoms with van der Waals surface area (Å²) in [5, 5.41) is 14.5. The molecule has 7 nitrogen and oxygen atoms in total. The number of anilines is 1. The van der Waals surface area contributed by atoms with Crippen molar-refractivity contribution in [3.05, 3.63) is 41.7 Å². The second kappa shape index (κ2) is 6.00. The van der Waals surface area contributed by atoms with Gasteiger partial charge in [0.25, 0.3) is 5.91 Å². The topological polar surface area (TPSA) is 80.5 Å². The molecule has 130 valence electrons. The zero-order valence-electron chi connectivity index (χ0n) is 14.4. The second-order valence-electron chi connectivity index (χ2n) is 6.83. The number of benzene rings is 1. The highest BCUT2D eigenvalue weighted by Gasteiger charge is 2.43. The van der Waals surface area contributed by atoms with Crippen molar-refractivity contribution < 1.29 is 9.63 Å². The zero-order valence-corrected chi connectivity index (χ0v) is 14.4. The molecule has 0 radical (unpaired) electrons. The number of oxime groups is 1. The van der Waals surface area contributed by atoms with Gasteiger partial charge in [0.2, 0.25) is 0 Å². The van der Waals surface area contributed by atoms with Gasteiger partial charge in [0, 0.05) is 19.4 Å². The van der Waals surface area contributed by atoms with Gasteiger partial charge in [0.1, 0.15) is 5.71 Å². The molecule has 1 aromatic carbocycles. The van der Waals surface area contributed by atoms with E-state index in [0.717, 1.165) is 30.8 Å². The lowest BCUT2D eigenvalue weighted by Gasteiger charge is -2.17. The highest BCUT2D eigenvalue weighted by molar-refractivity contribution is 6.43. The molecule has 3 heterocycles. The van der Waals surface area contributed by atoms with Crippen LogP contribution in [0.4, 0.5) is 5.69 Å². The summed E-state index contributed by atoms with van der Waals surface area (Å²) in [5.41, 5.74) is 4.06. The summed E-state index contributed by atoms with van der Waals surface area (Å²) in [6, 6.07) is 6.17. The van der Waals surface area contributed by atoms with E-state index in [9.17, 15) is 4.79 Å². The third kappa shape index (κ3) is 3.02. The Balaban J connectivity index is 1.45. The fourth-order valence-electron chi connectivity index (χ4n) is 3.38. The van der Waals surface area contributed by atoms with Gasteiger partial charge in [-0.05, 0) is 32.0 Å². The number of hydrogen-bond acceptors (Lipinski definition) is 5. The van der Waals surface area contributed by atoms with Gasteiger partial charge in [-0.1, -0.05) is 22.9 Å². The van der Waals surface area contributed by atoms with Crippen molar-refractivity contribution in [2.45, 2.75) is 32.3 Å². The predicted octanol–water partition coefficient (Wildman–Crippen LogP) is 1.94. The van der Waals surface area contributed by atoms with E-state index < -0.39 is 0 Å². The number of carbonyl (C=O) groups is 1. The molecule has 2 aliphatic rings. The Morgan fingerprint density at radius 2 is 2.28 bits per heavy atom. The lowest BCUT2D eigenvalue weighted by atomic mass is 9.96. The summed E-state index contributed by atoms with van der Waals surface area (Å²) >= 11 is 0. The summed E-state index contributed by atoms with van der Waals surface area (Å²) in [4.78, 5) is 18.0. The first-order valence-electron chi connectivity index (χ1n) is 8.44. The van der Waals surface area contributed by atoms with E-state index in [2.05, 4.69) is 33.9 Å². The van der Waals surface area contributed by atoms with Crippen LogP contribution in [0.25, 0.3) is 5.69 Å². The smallest absolute Gasteiger partial charge is 0.273 e. The molecule has 1 atom stereocenters. The molecule has 7 heteroatoms. The van der Waals surface area contributed by atoms with E-state index in [1.165, 1.54) is 5.56 Å². The van der Waals surface area contributed by atoms with Gasteiger partial charge < -0.3 is 15.5 Å². The molecule has 2 aliphatic heterocycles. The van der Waals surface area contributed by atoms with Crippen molar-refractivity contribution in [3.63, 3.8) is 0 Å². The molecule has 1 spiro atoms. The minimum Gasteiger partial charge on any atom is -0.387 e. The van der Waals surface area contributed by atoms with Crippen LogP contribution in [0, 0.1) is 13.8 Å². The van der Waals surface area contributed by atoms with E-state index in [4.69, 9.17) is 4.84 Å². The Hall–Kier alpha value is -2.67. The maximum Gasteiger partial charge on any atom is 0.273 e. The Morgan fingerprint density at radius 3 is 3.04 bits per heavy atom. The summed E-state index contributed by atoms with van der Waals surface area (Å²) < 4.78 is 1.76. The Morgan fingerprint density at radius 1 is 1.40 bits per heavy atom. The van der Waals surface area contributed by atoms with Crippen molar-refractivity contribution in [1.82, 2.24) is 15.1 Å². The first kappa shape index (κ1) is 15.8. The maximum absolute atomic E-state index is 12.4. The molecule has 0 aliphatic carbocycles. The third-order valence-corrected chi connectivity index (χ3v) is 4.75. The number of nitrogens with zero attached hydrogens (tertiary/aromatic N) is 3. The maximum atomic E-state index is 12.4. The van der Waals surface area contributed by atoms with Crippen molar-refractivity contribution in [2.75, 3.05) is 18.4 Å². The average Bonchev–Trinajstić information content (AvgIpc) is 3.30. The molecule has 25 heavy (non-hydrogen) atoms. The number of nitrogens with one attached hydrogen (secondary N) is 2. The zero-order chi connectivity index (χ0) is 17.4. The lowest BCUT2D eigenvalue weighted by molar-refractivity contribution is -0.110. The van der Waals surface area contributed by atoms with Crippen LogP contribution in [-0.4, -0.2) is 40.1 Å². The number of aryl methyl sites for hydroxylation is 2. The first-order valence-corrected chi connectivity index (χ1v) is 8.44. The molecule has 1 unspecified atom stereocenters. The Labute approximate surface area is 146 Å². The Kier molecular flexibility index (Phi) is 3.80. The first-order chi connectivity index (χ1) is 12.0. The minimum absolute atomic E-state index is 0.232. The fourth-order valence-corrected chi connectivity index (χ4v) is 3.38. The fraction of sp³-hybridized carbons (Fsp3) is 0.389. The number of rotatable bonds is 3. The predicted molar refractivity (Wildman–Crippen MR) is 95.0 cm³/mol. The van der Waals surface area contributed by atoms with Gasteiger partial charge in [-0.15, -0.1) is 0 Å². The molecule has 1 amide bonds. The summed E-state index contributed by atoms with van der Waals surface area (Å²) in [7, 11) is 0. The van der Waals surface area contributed by atoms with E-state index in [1.807, 2.05) is 19.1 Å². The number of amides is 1. The molecule has 1 fully saturated rings. The SMILES string of the molecule is Cc1ccc(-n2cc(NC(=O)C3=NOC4(CCNC4)C3)cn2)c(C)c1. The third-order valence-electron chi connectivity index (χ3n) is 4.75. The second-order valence-corrected chi connectivity index (χ2v) is 6.83. The molecular weight excluding hydrogens is 318 g/mol. The molecular formula is C18H21N5O2. The van der Waals surface area contributed by atoms with Gasteiger partial charge in [-0.3, -0.25) is 4.79 Å². The van der Waals surface area contributed by atoms with Gasteiger partial charge >= 0.3 is 0 Å². The van der Waals surface area contributed by atoms with Crippen LogP contribution in [0.1, 0.15) is 24.0 Å². The minimum atomic E-state index is -0.337. The molecule has 2 aromatic rings. The normalized spacial score (nSPS) is 22.1. The Bertz CT molecular complexity index is 849. The van der Waals surface area contributed by atoms with Crippen molar-refractivity contribution in [2.24, 2.45) is 5.16 Å². The summed E-state index contributed by atoms with van der Waals surface area (Å²) in [6.07, 6.45) is 4.86. The van der Waals surface area contributed by atoms with Crippen molar-refractivity contribution >= 4 is 17.3 Å². The largest absolute Gasteiger partial charge is 0.387 e. The molecule has 4 rings (SSSR count). The van der Waals surface area contributed by atoms with Gasteiger partial charge in [-0.25, -0.2) is 4.68 Å². The average molecular weight is 339 g/mol. The lowest BCUT2D eigenvalue weighted by Crippen LogP contribution is -2.33. The van der Waals surface area contributed by atoms with E-state index in [1.54, 1.807) is 17.1 Å². The number of hydrogen-bond donors (Lipinski definition) is 2. The van der Waals surface area contributed by atoms with Gasteiger partial charge in [-0.2, -0.15) is 5.10 Å². The standard InChI is InChI=1S/C18H21N5O2/c1-12-3-4-16(13(2)7-12)23-10-14(9-20-23)21-17(24)15-8-18(25-22-15)5-6-19-11-18/h3-4,7,9-10,19H,5-6,8,11H2,1-2H3,(H,21,24). The monoisotopic (exact) mass is 339 g/mol. The van der Waals surface area contributed by atoms with Crippen LogP contribution < -0.4 is 10.6 Å². The molecule has 0 saturated carbocycles. The number of carbonyl (C=O) groups excluding carboxylic acids is 1. The molecule has 0 bridgehead atoms. The summed E-state index contributed by atoms with van der Waals surface area (Å²) in [5.74, 6) is -0.232. The van der Waals surface area contributed by atoms with E-state index >= 15 is 0 Å². The highest BCUT2D eigenvalue weighted by atomic mass is 16.7. The summed E-state index contributed by atoms with van der Waals surface area (Å²) in [6.45, 7) is 5.73. The molecule has 1 aromatic heterocycles. The van der Waals surface area contributed by atoms with Crippen LogP contribution in [-0.2, 0) is 9.63 Å². The van der Waals surface area contributed by atoms with Crippen LogP contribution in [0.5, 0.6) is 0 Å². The highest BCUT2D eigenvalue weighted by Crippen LogP contribution is 2.30. The van der Waals surface area contributed by atoms with Crippen LogP contribution in [0.15, 0.2) is 35.7 Å². The quantitative estimate of drug-likeness (QED) is 0.895. The van der Waals surface area contributed by atoms with Crippen LogP contribution in [0.3, 0.4) is 0 Å². The van der Waals surface area contributed by atoms with Crippen molar-refractivity contribution in [3.8, 4) is 5.69 Å². The molecule has 2 N–H and O–H groups in total. The number of aromatic nitrogens is 2. The van der Waals surface area contributed by atoms with Crippen molar-refractivity contribution in [1.29, 1.82) is 0 Å². The van der Waals surface area contributed by atoms with Crippen LogP contribution in [0.2, 0.25) is 0 Å². The van der Waals surface area contributed by atoms with Crippen LogP contribution >= 0.6 is 0 Å². The molecule has 1 saturated heterocycles. The van der Waals surface area contributed by atoms with E-state index in [0.29, 0.717) is 17.8 Å².